The third-order valence-corrected chi connectivity index (χ3v) is 3.17. The van der Waals surface area contributed by atoms with Crippen LogP contribution in [0, 0.1) is 10.1 Å². The first-order valence-corrected chi connectivity index (χ1v) is 6.52. The van der Waals surface area contributed by atoms with Crippen molar-refractivity contribution in [2.75, 3.05) is 0 Å². The summed E-state index contributed by atoms with van der Waals surface area (Å²) in [6.45, 7) is 1.93. The highest BCUT2D eigenvalue weighted by atomic mass is 16.6. The van der Waals surface area contributed by atoms with Crippen molar-refractivity contribution in [3.05, 3.63) is 81.9 Å². The molecular formula is C16H17NO3. The highest BCUT2D eigenvalue weighted by molar-refractivity contribution is 5.19. The first-order valence-electron chi connectivity index (χ1n) is 6.52. The van der Waals surface area contributed by atoms with E-state index < -0.39 is 12.1 Å². The van der Waals surface area contributed by atoms with E-state index >= 15 is 0 Å². The third kappa shape index (κ3) is 3.65. The van der Waals surface area contributed by atoms with Crippen molar-refractivity contribution in [2.24, 2.45) is 0 Å². The molecule has 0 fully saturated rings. The zero-order chi connectivity index (χ0) is 14.4. The van der Waals surface area contributed by atoms with Gasteiger partial charge in [0.15, 0.2) is 0 Å². The van der Waals surface area contributed by atoms with E-state index in [1.165, 1.54) is 0 Å². The fourth-order valence-electron chi connectivity index (χ4n) is 2.03. The van der Waals surface area contributed by atoms with Crippen molar-refractivity contribution in [2.45, 2.75) is 25.7 Å². The van der Waals surface area contributed by atoms with Gasteiger partial charge < -0.3 is 4.74 Å². The van der Waals surface area contributed by atoms with Gasteiger partial charge in [0, 0.05) is 11.8 Å². The standard InChI is InChI=1S/C16H17NO3/c1-13(17(18)19)16(15-10-6-3-7-11-15)20-12-14-8-4-2-5-9-14/h2-11,13,16H,12H2,1H3/t13-,16+/m0/s1. The Bertz CT molecular complexity index is 542. The summed E-state index contributed by atoms with van der Waals surface area (Å²) in [5.74, 6) is 0. The second-order valence-corrected chi connectivity index (χ2v) is 4.65. The second kappa shape index (κ2) is 6.82. The van der Waals surface area contributed by atoms with Gasteiger partial charge in [0.2, 0.25) is 6.04 Å². The lowest BCUT2D eigenvalue weighted by atomic mass is 10.0. The molecule has 0 unspecified atom stereocenters. The molecule has 0 aliphatic heterocycles. The summed E-state index contributed by atoms with van der Waals surface area (Å²) < 4.78 is 5.80. The molecule has 0 spiro atoms. The third-order valence-electron chi connectivity index (χ3n) is 3.17. The maximum Gasteiger partial charge on any atom is 0.240 e. The average Bonchev–Trinajstić information content (AvgIpc) is 2.49. The molecule has 0 aliphatic carbocycles. The predicted octanol–water partition coefficient (Wildman–Crippen LogP) is 3.61. The molecule has 0 saturated heterocycles. The number of rotatable bonds is 6. The van der Waals surface area contributed by atoms with E-state index in [2.05, 4.69) is 0 Å². The molecule has 0 aliphatic rings. The van der Waals surface area contributed by atoms with Crippen molar-refractivity contribution in [3.63, 3.8) is 0 Å². The van der Waals surface area contributed by atoms with Crippen LogP contribution >= 0.6 is 0 Å². The molecular weight excluding hydrogens is 254 g/mol. The van der Waals surface area contributed by atoms with Crippen molar-refractivity contribution in [3.8, 4) is 0 Å². The average molecular weight is 271 g/mol. The van der Waals surface area contributed by atoms with Crippen molar-refractivity contribution in [1.29, 1.82) is 0 Å². The van der Waals surface area contributed by atoms with Gasteiger partial charge in [-0.15, -0.1) is 0 Å². The molecule has 0 N–H and O–H groups in total. The molecule has 4 nitrogen and oxygen atoms in total. The number of hydrogen-bond acceptors (Lipinski definition) is 3. The van der Waals surface area contributed by atoms with Crippen LogP contribution in [0.5, 0.6) is 0 Å². The van der Waals surface area contributed by atoms with Gasteiger partial charge in [-0.1, -0.05) is 60.7 Å². The Morgan fingerprint density at radius 3 is 2.15 bits per heavy atom. The van der Waals surface area contributed by atoms with Crippen molar-refractivity contribution in [1.82, 2.24) is 0 Å². The van der Waals surface area contributed by atoms with Gasteiger partial charge in [0.25, 0.3) is 0 Å². The molecule has 0 saturated carbocycles. The molecule has 2 aromatic carbocycles. The Balaban J connectivity index is 2.13. The predicted molar refractivity (Wildman–Crippen MR) is 76.9 cm³/mol. The van der Waals surface area contributed by atoms with Gasteiger partial charge >= 0.3 is 0 Å². The topological polar surface area (TPSA) is 52.4 Å². The number of nitrogens with zero attached hydrogens (tertiary/aromatic N) is 1. The van der Waals surface area contributed by atoms with E-state index in [0.29, 0.717) is 6.61 Å². The van der Waals surface area contributed by atoms with E-state index in [4.69, 9.17) is 4.74 Å². The Morgan fingerprint density at radius 2 is 1.60 bits per heavy atom. The van der Waals surface area contributed by atoms with Gasteiger partial charge in [-0.3, -0.25) is 10.1 Å². The number of hydrogen-bond donors (Lipinski definition) is 0. The van der Waals surface area contributed by atoms with Crippen LogP contribution in [-0.2, 0) is 11.3 Å². The summed E-state index contributed by atoms with van der Waals surface area (Å²) >= 11 is 0. The molecule has 4 heteroatoms. The normalized spacial score (nSPS) is 13.7. The van der Waals surface area contributed by atoms with E-state index in [-0.39, 0.29) is 4.92 Å². The summed E-state index contributed by atoms with van der Waals surface area (Å²) in [7, 11) is 0. The lowest BCUT2D eigenvalue weighted by molar-refractivity contribution is -0.532. The van der Waals surface area contributed by atoms with Crippen LogP contribution in [0.25, 0.3) is 0 Å². The van der Waals surface area contributed by atoms with Gasteiger partial charge in [0.05, 0.1) is 6.61 Å². The molecule has 0 aromatic heterocycles. The molecule has 2 atom stereocenters. The van der Waals surface area contributed by atoms with Gasteiger partial charge in [-0.2, -0.15) is 0 Å². The van der Waals surface area contributed by atoms with Gasteiger partial charge in [0.1, 0.15) is 6.10 Å². The number of nitro groups is 1. The molecule has 0 amide bonds. The zero-order valence-electron chi connectivity index (χ0n) is 11.3. The monoisotopic (exact) mass is 271 g/mol. The Labute approximate surface area is 118 Å². The number of benzene rings is 2. The van der Waals surface area contributed by atoms with E-state index in [1.54, 1.807) is 6.92 Å². The first-order chi connectivity index (χ1) is 9.68. The Kier molecular flexibility index (Phi) is 4.85. The molecule has 2 aromatic rings. The highest BCUT2D eigenvalue weighted by Gasteiger charge is 2.28. The number of ether oxygens (including phenoxy) is 1. The van der Waals surface area contributed by atoms with Crippen LogP contribution in [0.15, 0.2) is 60.7 Å². The fourth-order valence-corrected chi connectivity index (χ4v) is 2.03. The minimum absolute atomic E-state index is 0.303. The quantitative estimate of drug-likeness (QED) is 0.595. The molecule has 20 heavy (non-hydrogen) atoms. The molecule has 0 radical (unpaired) electrons. The summed E-state index contributed by atoms with van der Waals surface area (Å²) in [6.07, 6.45) is -0.550. The van der Waals surface area contributed by atoms with Gasteiger partial charge in [-0.25, -0.2) is 0 Å². The van der Waals surface area contributed by atoms with Crippen LogP contribution in [0.1, 0.15) is 24.2 Å². The minimum Gasteiger partial charge on any atom is -0.362 e. The van der Waals surface area contributed by atoms with Crippen LogP contribution in [0.3, 0.4) is 0 Å². The SMILES string of the molecule is C[C@@H]([C@@H](OCc1ccccc1)c1ccccc1)[N+](=O)[O-]. The largest absolute Gasteiger partial charge is 0.362 e. The fraction of sp³-hybridized carbons (Fsp3) is 0.250. The smallest absolute Gasteiger partial charge is 0.240 e. The molecule has 2 rings (SSSR count). The summed E-state index contributed by atoms with van der Waals surface area (Å²) in [4.78, 5) is 10.7. The van der Waals surface area contributed by atoms with Crippen LogP contribution in [0.2, 0.25) is 0 Å². The lowest BCUT2D eigenvalue weighted by Crippen LogP contribution is -2.26. The maximum absolute atomic E-state index is 11.1. The van der Waals surface area contributed by atoms with Crippen molar-refractivity contribution >= 4 is 0 Å². The Hall–Kier alpha value is -2.20. The molecule has 0 bridgehead atoms. The molecule has 0 heterocycles. The Morgan fingerprint density at radius 1 is 1.05 bits per heavy atom. The van der Waals surface area contributed by atoms with E-state index in [9.17, 15) is 10.1 Å². The maximum atomic E-state index is 11.1. The first kappa shape index (κ1) is 14.2. The summed E-state index contributed by atoms with van der Waals surface area (Å²) in [5, 5.41) is 11.1. The van der Waals surface area contributed by atoms with E-state index in [1.807, 2.05) is 60.7 Å². The highest BCUT2D eigenvalue weighted by Crippen LogP contribution is 2.24. The van der Waals surface area contributed by atoms with Crippen molar-refractivity contribution < 1.29 is 9.66 Å². The summed E-state index contributed by atoms with van der Waals surface area (Å²) in [5.41, 5.74) is 1.83. The van der Waals surface area contributed by atoms with Crippen LogP contribution in [-0.4, -0.2) is 11.0 Å². The van der Waals surface area contributed by atoms with Crippen LogP contribution < -0.4 is 0 Å². The zero-order valence-corrected chi connectivity index (χ0v) is 11.3. The summed E-state index contributed by atoms with van der Waals surface area (Å²) in [6, 6.07) is 18.2. The molecule has 104 valence electrons. The minimum atomic E-state index is -0.791. The van der Waals surface area contributed by atoms with Gasteiger partial charge in [-0.05, 0) is 11.1 Å². The van der Waals surface area contributed by atoms with Crippen LogP contribution in [0.4, 0.5) is 0 Å². The second-order valence-electron chi connectivity index (χ2n) is 4.65. The van der Waals surface area contributed by atoms with E-state index in [0.717, 1.165) is 11.1 Å². The lowest BCUT2D eigenvalue weighted by Gasteiger charge is -2.19.